The van der Waals surface area contributed by atoms with Crippen molar-refractivity contribution in [3.63, 3.8) is 0 Å². The van der Waals surface area contributed by atoms with E-state index in [1.165, 1.54) is 6.92 Å². The molecular formula is C12H22N2O3. The second-order valence-electron chi connectivity index (χ2n) is 5.03. The molecule has 0 bridgehead atoms. The lowest BCUT2D eigenvalue weighted by Crippen LogP contribution is -2.49. The molecule has 0 aliphatic heterocycles. The minimum absolute atomic E-state index is 0.243. The van der Waals surface area contributed by atoms with Gasteiger partial charge in [-0.25, -0.2) is 4.79 Å². The SMILES string of the molecule is CC1CCC(N(C)C(=O)NC(C)C(=O)O)CC1. The third kappa shape index (κ3) is 3.91. The number of carboxylic acid groups (broad SMARTS) is 1. The first-order chi connectivity index (χ1) is 7.91. The smallest absolute Gasteiger partial charge is 0.325 e. The molecule has 0 aromatic rings. The number of amides is 2. The Morgan fingerprint density at radius 3 is 2.29 bits per heavy atom. The van der Waals surface area contributed by atoms with Crippen LogP contribution in [-0.4, -0.2) is 41.1 Å². The fraction of sp³-hybridized carbons (Fsp3) is 0.833. The Hall–Kier alpha value is -1.26. The molecule has 0 saturated heterocycles. The van der Waals surface area contributed by atoms with Gasteiger partial charge in [0.05, 0.1) is 0 Å². The molecule has 1 unspecified atom stereocenters. The number of carbonyl (C=O) groups excluding carboxylic acids is 1. The van der Waals surface area contributed by atoms with E-state index >= 15 is 0 Å². The van der Waals surface area contributed by atoms with Crippen molar-refractivity contribution in [2.45, 2.75) is 51.6 Å². The van der Waals surface area contributed by atoms with Gasteiger partial charge in [-0.15, -0.1) is 0 Å². The summed E-state index contributed by atoms with van der Waals surface area (Å²) in [6.45, 7) is 3.69. The lowest BCUT2D eigenvalue weighted by molar-refractivity contribution is -0.138. The van der Waals surface area contributed by atoms with Gasteiger partial charge in [0.1, 0.15) is 6.04 Å². The number of carboxylic acids is 1. The van der Waals surface area contributed by atoms with Crippen LogP contribution in [0.2, 0.25) is 0 Å². The van der Waals surface area contributed by atoms with Crippen LogP contribution in [0.3, 0.4) is 0 Å². The Bertz CT molecular complexity index is 285. The summed E-state index contributed by atoms with van der Waals surface area (Å²) in [6, 6.07) is -0.890. The average Bonchev–Trinajstić information content (AvgIpc) is 2.28. The predicted octanol–water partition coefficient (Wildman–Crippen LogP) is 1.68. The van der Waals surface area contributed by atoms with Crippen LogP contribution >= 0.6 is 0 Å². The largest absolute Gasteiger partial charge is 0.480 e. The van der Waals surface area contributed by atoms with Gasteiger partial charge in [0, 0.05) is 13.1 Å². The summed E-state index contributed by atoms with van der Waals surface area (Å²) < 4.78 is 0. The fourth-order valence-corrected chi connectivity index (χ4v) is 2.14. The zero-order valence-corrected chi connectivity index (χ0v) is 10.8. The van der Waals surface area contributed by atoms with E-state index in [4.69, 9.17) is 5.11 Å². The lowest BCUT2D eigenvalue weighted by atomic mass is 9.87. The zero-order chi connectivity index (χ0) is 13.0. The molecular weight excluding hydrogens is 220 g/mol. The Balaban J connectivity index is 2.43. The molecule has 1 aliphatic carbocycles. The zero-order valence-electron chi connectivity index (χ0n) is 10.8. The van der Waals surface area contributed by atoms with Gasteiger partial charge in [-0.3, -0.25) is 4.79 Å². The molecule has 1 rings (SSSR count). The highest BCUT2D eigenvalue weighted by atomic mass is 16.4. The van der Waals surface area contributed by atoms with Crippen molar-refractivity contribution in [1.82, 2.24) is 10.2 Å². The number of hydrogen-bond acceptors (Lipinski definition) is 2. The second-order valence-corrected chi connectivity index (χ2v) is 5.03. The lowest BCUT2D eigenvalue weighted by Gasteiger charge is -2.33. The first-order valence-corrected chi connectivity index (χ1v) is 6.18. The minimum Gasteiger partial charge on any atom is -0.480 e. The maximum absolute atomic E-state index is 11.8. The third-order valence-corrected chi connectivity index (χ3v) is 3.56. The molecule has 2 N–H and O–H groups in total. The quantitative estimate of drug-likeness (QED) is 0.791. The Kier molecular flexibility index (Phi) is 4.78. The van der Waals surface area contributed by atoms with Crippen LogP contribution in [-0.2, 0) is 4.79 Å². The van der Waals surface area contributed by atoms with Crippen LogP contribution < -0.4 is 5.32 Å². The van der Waals surface area contributed by atoms with Crippen molar-refractivity contribution >= 4 is 12.0 Å². The van der Waals surface area contributed by atoms with E-state index in [1.807, 2.05) is 0 Å². The van der Waals surface area contributed by atoms with Gasteiger partial charge >= 0.3 is 12.0 Å². The summed E-state index contributed by atoms with van der Waals surface area (Å²) in [7, 11) is 1.74. The van der Waals surface area contributed by atoms with Crippen molar-refractivity contribution in [2.75, 3.05) is 7.05 Å². The molecule has 0 spiro atoms. The van der Waals surface area contributed by atoms with Gasteiger partial charge in [-0.2, -0.15) is 0 Å². The summed E-state index contributed by atoms with van der Waals surface area (Å²) in [5, 5.41) is 11.2. The van der Waals surface area contributed by atoms with Gasteiger partial charge < -0.3 is 15.3 Å². The van der Waals surface area contributed by atoms with Crippen molar-refractivity contribution in [3.8, 4) is 0 Å². The number of carbonyl (C=O) groups is 2. The number of rotatable bonds is 3. The molecule has 1 saturated carbocycles. The van der Waals surface area contributed by atoms with Gasteiger partial charge in [0.2, 0.25) is 0 Å². The molecule has 5 nitrogen and oxygen atoms in total. The Labute approximate surface area is 102 Å². The standard InChI is InChI=1S/C12H22N2O3/c1-8-4-6-10(7-5-8)14(3)12(17)13-9(2)11(15)16/h8-10H,4-7H2,1-3H3,(H,13,17)(H,15,16). The first kappa shape index (κ1) is 13.8. The molecule has 98 valence electrons. The summed E-state index contributed by atoms with van der Waals surface area (Å²) in [5.41, 5.74) is 0. The highest BCUT2D eigenvalue weighted by molar-refractivity contribution is 5.82. The van der Waals surface area contributed by atoms with Crippen molar-refractivity contribution in [3.05, 3.63) is 0 Å². The number of aliphatic carboxylic acids is 1. The van der Waals surface area contributed by atoms with E-state index in [9.17, 15) is 9.59 Å². The monoisotopic (exact) mass is 242 g/mol. The van der Waals surface area contributed by atoms with E-state index in [-0.39, 0.29) is 12.1 Å². The van der Waals surface area contributed by atoms with Crippen molar-refractivity contribution in [1.29, 1.82) is 0 Å². The van der Waals surface area contributed by atoms with Crippen molar-refractivity contribution < 1.29 is 14.7 Å². The van der Waals surface area contributed by atoms with Crippen LogP contribution in [0.15, 0.2) is 0 Å². The van der Waals surface area contributed by atoms with Gasteiger partial charge in [0.25, 0.3) is 0 Å². The average molecular weight is 242 g/mol. The van der Waals surface area contributed by atoms with Crippen LogP contribution in [0, 0.1) is 5.92 Å². The minimum atomic E-state index is -1.01. The molecule has 1 atom stereocenters. The summed E-state index contributed by atoms with van der Waals surface area (Å²) >= 11 is 0. The maximum Gasteiger partial charge on any atom is 0.325 e. The molecule has 2 amide bonds. The van der Waals surface area contributed by atoms with Crippen LogP contribution in [0.1, 0.15) is 39.5 Å². The fourth-order valence-electron chi connectivity index (χ4n) is 2.14. The number of urea groups is 1. The summed E-state index contributed by atoms with van der Waals surface area (Å²) in [4.78, 5) is 24.1. The third-order valence-electron chi connectivity index (χ3n) is 3.56. The van der Waals surface area contributed by atoms with Crippen LogP contribution in [0.4, 0.5) is 4.79 Å². The maximum atomic E-state index is 11.8. The molecule has 1 aliphatic rings. The second kappa shape index (κ2) is 5.89. The normalized spacial score (nSPS) is 26.1. The van der Waals surface area contributed by atoms with Gasteiger partial charge in [-0.05, 0) is 38.5 Å². The molecule has 0 aromatic carbocycles. The molecule has 0 aromatic heterocycles. The highest BCUT2D eigenvalue weighted by Crippen LogP contribution is 2.26. The first-order valence-electron chi connectivity index (χ1n) is 6.18. The summed E-state index contributed by atoms with van der Waals surface area (Å²) in [5.74, 6) is -0.273. The van der Waals surface area contributed by atoms with Crippen LogP contribution in [0.5, 0.6) is 0 Å². The van der Waals surface area contributed by atoms with E-state index in [0.717, 1.165) is 31.6 Å². The van der Waals surface area contributed by atoms with E-state index < -0.39 is 12.0 Å². The predicted molar refractivity (Wildman–Crippen MR) is 64.8 cm³/mol. The van der Waals surface area contributed by atoms with Crippen LogP contribution in [0.25, 0.3) is 0 Å². The van der Waals surface area contributed by atoms with E-state index in [0.29, 0.717) is 0 Å². The van der Waals surface area contributed by atoms with Crippen molar-refractivity contribution in [2.24, 2.45) is 5.92 Å². The molecule has 1 fully saturated rings. The van der Waals surface area contributed by atoms with Gasteiger partial charge in [0.15, 0.2) is 0 Å². The molecule has 0 radical (unpaired) electrons. The molecule has 17 heavy (non-hydrogen) atoms. The number of nitrogens with zero attached hydrogens (tertiary/aromatic N) is 1. The number of hydrogen-bond donors (Lipinski definition) is 2. The Morgan fingerprint density at radius 2 is 1.82 bits per heavy atom. The Morgan fingerprint density at radius 1 is 1.29 bits per heavy atom. The topological polar surface area (TPSA) is 69.6 Å². The summed E-state index contributed by atoms with van der Waals surface area (Å²) in [6.07, 6.45) is 4.28. The molecule has 0 heterocycles. The molecule has 5 heteroatoms. The number of nitrogens with one attached hydrogen (secondary N) is 1. The van der Waals surface area contributed by atoms with E-state index in [2.05, 4.69) is 12.2 Å². The van der Waals surface area contributed by atoms with E-state index in [1.54, 1.807) is 11.9 Å². The van der Waals surface area contributed by atoms with Gasteiger partial charge in [-0.1, -0.05) is 6.92 Å². The highest BCUT2D eigenvalue weighted by Gasteiger charge is 2.26.